The van der Waals surface area contributed by atoms with Crippen molar-refractivity contribution in [3.63, 3.8) is 0 Å². The maximum absolute atomic E-state index is 12.6. The number of hydrogen-bond acceptors (Lipinski definition) is 2. The number of carbonyl (C=O) groups excluding carboxylic acids is 2. The lowest BCUT2D eigenvalue weighted by molar-refractivity contribution is -0.132. The number of fused-ring (bicyclic) bond motifs is 1. The van der Waals surface area contributed by atoms with Crippen molar-refractivity contribution in [1.82, 2.24) is 15.1 Å². The molecule has 2 fully saturated rings. The highest BCUT2D eigenvalue weighted by molar-refractivity contribution is 5.77. The molecule has 0 spiro atoms. The minimum atomic E-state index is 0.0349. The number of rotatable bonds is 3. The summed E-state index contributed by atoms with van der Waals surface area (Å²) in [6.45, 7) is 5.63. The van der Waals surface area contributed by atoms with Gasteiger partial charge in [0.05, 0.1) is 0 Å². The van der Waals surface area contributed by atoms with E-state index in [2.05, 4.69) is 17.4 Å². The van der Waals surface area contributed by atoms with Crippen molar-refractivity contribution in [2.24, 2.45) is 11.8 Å². The van der Waals surface area contributed by atoms with Crippen molar-refractivity contribution < 1.29 is 9.59 Å². The van der Waals surface area contributed by atoms with Crippen molar-refractivity contribution >= 4 is 11.9 Å². The molecule has 1 aromatic rings. The topological polar surface area (TPSA) is 52.7 Å². The number of benzene rings is 1. The SMILES string of the molecule is CCNC(=O)N1CC[C@H]2CC(=O)N(Cc3ccccc3)CC[C@H]2C1. The van der Waals surface area contributed by atoms with Gasteiger partial charge < -0.3 is 15.1 Å². The Labute approximate surface area is 144 Å². The first-order valence-electron chi connectivity index (χ1n) is 9.02. The molecular weight excluding hydrogens is 302 g/mol. The van der Waals surface area contributed by atoms with Gasteiger partial charge in [0, 0.05) is 39.1 Å². The monoisotopic (exact) mass is 329 g/mol. The molecule has 0 radical (unpaired) electrons. The first-order chi connectivity index (χ1) is 11.7. The van der Waals surface area contributed by atoms with Gasteiger partial charge in [-0.1, -0.05) is 30.3 Å². The summed E-state index contributed by atoms with van der Waals surface area (Å²) in [5, 5.41) is 2.89. The van der Waals surface area contributed by atoms with Crippen LogP contribution in [0, 0.1) is 11.8 Å². The molecule has 5 nitrogen and oxygen atoms in total. The zero-order chi connectivity index (χ0) is 16.9. The molecule has 0 aliphatic carbocycles. The Kier molecular flexibility index (Phi) is 5.38. The molecule has 24 heavy (non-hydrogen) atoms. The Morgan fingerprint density at radius 1 is 1.17 bits per heavy atom. The second-order valence-corrected chi connectivity index (χ2v) is 6.88. The van der Waals surface area contributed by atoms with E-state index in [4.69, 9.17) is 0 Å². The molecule has 1 aromatic carbocycles. The number of urea groups is 1. The predicted molar refractivity (Wildman–Crippen MR) is 93.3 cm³/mol. The Morgan fingerprint density at radius 3 is 2.67 bits per heavy atom. The molecule has 130 valence electrons. The second kappa shape index (κ2) is 7.69. The smallest absolute Gasteiger partial charge is 0.317 e. The standard InChI is InChI=1S/C19H27N3O2/c1-2-20-19(24)22-11-8-16-12-18(23)21(10-9-17(16)14-22)13-15-6-4-3-5-7-15/h3-7,16-17H,2,8-14H2,1H3,(H,20,24)/t16-,17-/m0/s1. The molecule has 3 amide bonds. The summed E-state index contributed by atoms with van der Waals surface area (Å²) >= 11 is 0. The zero-order valence-electron chi connectivity index (χ0n) is 14.4. The van der Waals surface area contributed by atoms with E-state index in [0.717, 1.165) is 32.5 Å². The molecule has 2 atom stereocenters. The normalized spacial score (nSPS) is 24.3. The van der Waals surface area contributed by atoms with Crippen LogP contribution >= 0.6 is 0 Å². The van der Waals surface area contributed by atoms with E-state index in [9.17, 15) is 9.59 Å². The quantitative estimate of drug-likeness (QED) is 0.926. The van der Waals surface area contributed by atoms with Gasteiger partial charge in [-0.3, -0.25) is 4.79 Å². The van der Waals surface area contributed by atoms with Crippen LogP contribution in [0.25, 0.3) is 0 Å². The molecule has 2 saturated heterocycles. The van der Waals surface area contributed by atoms with Gasteiger partial charge >= 0.3 is 6.03 Å². The van der Waals surface area contributed by atoms with Crippen molar-refractivity contribution in [3.05, 3.63) is 35.9 Å². The van der Waals surface area contributed by atoms with Crippen molar-refractivity contribution in [3.8, 4) is 0 Å². The van der Waals surface area contributed by atoms with Crippen LogP contribution in [-0.2, 0) is 11.3 Å². The molecule has 1 N–H and O–H groups in total. The van der Waals surface area contributed by atoms with E-state index in [1.165, 1.54) is 5.56 Å². The Balaban J connectivity index is 1.62. The molecule has 2 heterocycles. The Morgan fingerprint density at radius 2 is 1.92 bits per heavy atom. The molecule has 5 heteroatoms. The fourth-order valence-electron chi connectivity index (χ4n) is 3.89. The van der Waals surface area contributed by atoms with Gasteiger partial charge in [0.2, 0.25) is 5.91 Å². The van der Waals surface area contributed by atoms with Crippen LogP contribution in [-0.4, -0.2) is 47.9 Å². The maximum Gasteiger partial charge on any atom is 0.317 e. The number of amides is 3. The fourth-order valence-corrected chi connectivity index (χ4v) is 3.89. The van der Waals surface area contributed by atoms with Gasteiger partial charge in [0.15, 0.2) is 0 Å². The van der Waals surface area contributed by atoms with Crippen LogP contribution < -0.4 is 5.32 Å². The summed E-state index contributed by atoms with van der Waals surface area (Å²) in [4.78, 5) is 28.6. The number of likely N-dealkylation sites (tertiary alicyclic amines) is 2. The summed E-state index contributed by atoms with van der Waals surface area (Å²) in [5.74, 6) is 1.12. The van der Waals surface area contributed by atoms with E-state index in [1.54, 1.807) is 0 Å². The van der Waals surface area contributed by atoms with Crippen LogP contribution in [0.4, 0.5) is 4.79 Å². The summed E-state index contributed by atoms with van der Waals surface area (Å²) in [6.07, 6.45) is 2.55. The van der Waals surface area contributed by atoms with Crippen LogP contribution in [0.2, 0.25) is 0 Å². The van der Waals surface area contributed by atoms with E-state index in [1.807, 2.05) is 34.9 Å². The lowest BCUT2D eigenvalue weighted by Gasteiger charge is -2.37. The first kappa shape index (κ1) is 16.8. The van der Waals surface area contributed by atoms with E-state index in [0.29, 0.717) is 31.3 Å². The number of nitrogens with zero attached hydrogens (tertiary/aromatic N) is 2. The third kappa shape index (κ3) is 3.89. The van der Waals surface area contributed by atoms with Crippen molar-refractivity contribution in [2.45, 2.75) is 32.7 Å². The lowest BCUT2D eigenvalue weighted by Crippen LogP contribution is -2.48. The molecule has 0 saturated carbocycles. The maximum atomic E-state index is 12.6. The van der Waals surface area contributed by atoms with E-state index >= 15 is 0 Å². The van der Waals surface area contributed by atoms with Gasteiger partial charge in [-0.05, 0) is 37.2 Å². The number of nitrogens with one attached hydrogen (secondary N) is 1. The van der Waals surface area contributed by atoms with Gasteiger partial charge in [-0.25, -0.2) is 4.79 Å². The summed E-state index contributed by atoms with van der Waals surface area (Å²) in [7, 11) is 0. The minimum absolute atomic E-state index is 0.0349. The van der Waals surface area contributed by atoms with Crippen LogP contribution in [0.1, 0.15) is 31.7 Å². The van der Waals surface area contributed by atoms with Gasteiger partial charge in [0.1, 0.15) is 0 Å². The Hall–Kier alpha value is -2.04. The summed E-state index contributed by atoms with van der Waals surface area (Å²) in [6, 6.07) is 10.2. The zero-order valence-corrected chi connectivity index (χ0v) is 14.4. The third-order valence-electron chi connectivity index (χ3n) is 5.28. The largest absolute Gasteiger partial charge is 0.338 e. The molecule has 0 unspecified atom stereocenters. The highest BCUT2D eigenvalue weighted by Crippen LogP contribution is 2.32. The van der Waals surface area contributed by atoms with Crippen molar-refractivity contribution in [2.75, 3.05) is 26.2 Å². The summed E-state index contributed by atoms with van der Waals surface area (Å²) in [5.41, 5.74) is 1.18. The predicted octanol–water partition coefficient (Wildman–Crippen LogP) is 2.48. The highest BCUT2D eigenvalue weighted by atomic mass is 16.2. The number of piperidine rings is 1. The fraction of sp³-hybridized carbons (Fsp3) is 0.579. The Bertz CT molecular complexity index is 575. The number of carbonyl (C=O) groups is 2. The van der Waals surface area contributed by atoms with E-state index in [-0.39, 0.29) is 11.9 Å². The van der Waals surface area contributed by atoms with E-state index < -0.39 is 0 Å². The molecule has 3 rings (SSSR count). The van der Waals surface area contributed by atoms with Gasteiger partial charge in [0.25, 0.3) is 0 Å². The number of hydrogen-bond donors (Lipinski definition) is 1. The van der Waals surface area contributed by atoms with Gasteiger partial charge in [-0.15, -0.1) is 0 Å². The third-order valence-corrected chi connectivity index (χ3v) is 5.28. The molecule has 2 aliphatic heterocycles. The minimum Gasteiger partial charge on any atom is -0.338 e. The molecular formula is C19H27N3O2. The second-order valence-electron chi connectivity index (χ2n) is 6.88. The highest BCUT2D eigenvalue weighted by Gasteiger charge is 2.36. The molecule has 0 bridgehead atoms. The van der Waals surface area contributed by atoms with Crippen molar-refractivity contribution in [1.29, 1.82) is 0 Å². The van der Waals surface area contributed by atoms with Crippen LogP contribution in [0.3, 0.4) is 0 Å². The van der Waals surface area contributed by atoms with Crippen LogP contribution in [0.15, 0.2) is 30.3 Å². The average molecular weight is 329 g/mol. The molecule has 0 aromatic heterocycles. The average Bonchev–Trinajstić information content (AvgIpc) is 2.75. The summed E-state index contributed by atoms with van der Waals surface area (Å²) < 4.78 is 0. The van der Waals surface area contributed by atoms with Crippen LogP contribution in [0.5, 0.6) is 0 Å². The lowest BCUT2D eigenvalue weighted by atomic mass is 9.82. The first-order valence-corrected chi connectivity index (χ1v) is 9.02. The molecule has 2 aliphatic rings. The van der Waals surface area contributed by atoms with Gasteiger partial charge in [-0.2, -0.15) is 0 Å².